The van der Waals surface area contributed by atoms with Crippen molar-refractivity contribution >= 4 is 5.97 Å². The van der Waals surface area contributed by atoms with Gasteiger partial charge in [0.05, 0.1) is 0 Å². The molecule has 0 spiro atoms. The number of hydrogen-bond donors (Lipinski definition) is 2. The summed E-state index contributed by atoms with van der Waals surface area (Å²) in [4.78, 5) is 10.4. The average Bonchev–Trinajstić information content (AvgIpc) is 2.64. The topological polar surface area (TPSA) is 58.6 Å². The van der Waals surface area contributed by atoms with Gasteiger partial charge in [0.1, 0.15) is 0 Å². The van der Waals surface area contributed by atoms with Gasteiger partial charge >= 0.3 is 5.97 Å². The fourth-order valence-corrected chi connectivity index (χ4v) is 1.43. The number of carboxylic acids is 1. The molecule has 1 fully saturated rings. The van der Waals surface area contributed by atoms with Crippen LogP contribution in [0.25, 0.3) is 0 Å². The van der Waals surface area contributed by atoms with E-state index in [2.05, 4.69) is 11.9 Å². The Morgan fingerprint density at radius 3 is 3.00 bits per heavy atom. The second-order valence-corrected chi connectivity index (χ2v) is 3.60. The monoisotopic (exact) mass is 199 g/mol. The molecule has 1 atom stereocenters. The van der Waals surface area contributed by atoms with Crippen LogP contribution in [0.5, 0.6) is 0 Å². The summed E-state index contributed by atoms with van der Waals surface area (Å²) in [5.74, 6) is -0.290. The van der Waals surface area contributed by atoms with Gasteiger partial charge in [0, 0.05) is 25.3 Å². The van der Waals surface area contributed by atoms with E-state index in [1.807, 2.05) is 0 Å². The molecule has 14 heavy (non-hydrogen) atoms. The van der Waals surface area contributed by atoms with Crippen LogP contribution in [-0.4, -0.2) is 37.4 Å². The molecule has 1 saturated heterocycles. The third-order valence-electron chi connectivity index (χ3n) is 2.39. The first-order valence-corrected chi connectivity index (χ1v) is 4.89. The zero-order valence-corrected chi connectivity index (χ0v) is 8.29. The highest BCUT2D eigenvalue weighted by molar-refractivity contribution is 5.86. The molecule has 80 valence electrons. The summed E-state index contributed by atoms with van der Waals surface area (Å²) in [6.07, 6.45) is 2.18. The zero-order chi connectivity index (χ0) is 10.4. The molecule has 4 nitrogen and oxygen atoms in total. The van der Waals surface area contributed by atoms with Crippen LogP contribution in [0.4, 0.5) is 0 Å². The van der Waals surface area contributed by atoms with Gasteiger partial charge in [0.15, 0.2) is 0 Å². The lowest BCUT2D eigenvalue weighted by molar-refractivity contribution is -0.132. The van der Waals surface area contributed by atoms with Crippen LogP contribution < -0.4 is 5.32 Å². The Hall–Kier alpha value is -0.870. The molecular formula is C10H17NO3. The molecule has 1 aliphatic heterocycles. The summed E-state index contributed by atoms with van der Waals surface area (Å²) in [5.41, 5.74) is 0.215. The first-order valence-electron chi connectivity index (χ1n) is 4.89. The second kappa shape index (κ2) is 5.78. The van der Waals surface area contributed by atoms with Gasteiger partial charge in [0.2, 0.25) is 0 Å². The van der Waals surface area contributed by atoms with Crippen molar-refractivity contribution in [1.29, 1.82) is 0 Å². The van der Waals surface area contributed by atoms with E-state index in [0.29, 0.717) is 12.5 Å². The molecule has 0 aromatic carbocycles. The quantitative estimate of drug-likeness (QED) is 0.487. The Kier molecular flexibility index (Phi) is 4.62. The predicted molar refractivity (Wildman–Crippen MR) is 53.2 cm³/mol. The molecular weight excluding hydrogens is 182 g/mol. The van der Waals surface area contributed by atoms with Crippen molar-refractivity contribution in [3.63, 3.8) is 0 Å². The van der Waals surface area contributed by atoms with E-state index < -0.39 is 5.97 Å². The minimum Gasteiger partial charge on any atom is -0.478 e. The third-order valence-corrected chi connectivity index (χ3v) is 2.39. The predicted octanol–water partition coefficient (Wildman–Crippen LogP) is 0.643. The van der Waals surface area contributed by atoms with Crippen LogP contribution in [0, 0.1) is 5.92 Å². The lowest BCUT2D eigenvalue weighted by Gasteiger charge is -2.08. The van der Waals surface area contributed by atoms with Crippen molar-refractivity contribution in [3.05, 3.63) is 12.2 Å². The van der Waals surface area contributed by atoms with Crippen molar-refractivity contribution in [2.24, 2.45) is 5.92 Å². The largest absolute Gasteiger partial charge is 0.478 e. The molecule has 1 rings (SSSR count). The van der Waals surface area contributed by atoms with Gasteiger partial charge in [-0.3, -0.25) is 0 Å². The SMILES string of the molecule is C=C(CNCCC1CCOC1)C(=O)O. The molecule has 0 saturated carbocycles. The standard InChI is InChI=1S/C10H17NO3/c1-8(10(12)13)6-11-4-2-9-3-5-14-7-9/h9,11H,1-7H2,(H,12,13). The van der Waals surface area contributed by atoms with E-state index in [1.165, 1.54) is 0 Å². The van der Waals surface area contributed by atoms with E-state index in [1.54, 1.807) is 0 Å². The summed E-state index contributed by atoms with van der Waals surface area (Å²) < 4.78 is 5.23. The average molecular weight is 199 g/mol. The Labute approximate surface area is 83.9 Å². The summed E-state index contributed by atoms with van der Waals surface area (Å²) >= 11 is 0. The van der Waals surface area contributed by atoms with E-state index in [4.69, 9.17) is 9.84 Å². The second-order valence-electron chi connectivity index (χ2n) is 3.60. The molecule has 2 N–H and O–H groups in total. The summed E-state index contributed by atoms with van der Waals surface area (Å²) in [5, 5.41) is 11.6. The molecule has 1 unspecified atom stereocenters. The van der Waals surface area contributed by atoms with Crippen LogP contribution in [0.1, 0.15) is 12.8 Å². The minimum atomic E-state index is -0.929. The van der Waals surface area contributed by atoms with Crippen LogP contribution in [0.15, 0.2) is 12.2 Å². The highest BCUT2D eigenvalue weighted by Gasteiger charge is 2.14. The maximum Gasteiger partial charge on any atom is 0.332 e. The Morgan fingerprint density at radius 1 is 1.64 bits per heavy atom. The van der Waals surface area contributed by atoms with E-state index >= 15 is 0 Å². The lowest BCUT2D eigenvalue weighted by atomic mass is 10.1. The molecule has 0 aromatic rings. The van der Waals surface area contributed by atoms with Gasteiger partial charge in [-0.15, -0.1) is 0 Å². The number of rotatable bonds is 6. The molecule has 0 aromatic heterocycles. The molecule has 4 heteroatoms. The Bertz CT molecular complexity index is 209. The summed E-state index contributed by atoms with van der Waals surface area (Å²) in [6, 6.07) is 0. The van der Waals surface area contributed by atoms with Crippen LogP contribution in [0.3, 0.4) is 0 Å². The lowest BCUT2D eigenvalue weighted by Crippen LogP contribution is -2.23. The van der Waals surface area contributed by atoms with Gasteiger partial charge in [-0.25, -0.2) is 4.79 Å². The molecule has 0 amide bonds. The first kappa shape index (κ1) is 11.2. The minimum absolute atomic E-state index is 0.215. The first-order chi connectivity index (χ1) is 6.70. The fraction of sp³-hybridized carbons (Fsp3) is 0.700. The maximum absolute atomic E-state index is 10.4. The molecule has 0 radical (unpaired) electrons. The number of aliphatic carboxylic acids is 1. The highest BCUT2D eigenvalue weighted by atomic mass is 16.5. The number of carboxylic acid groups (broad SMARTS) is 1. The number of ether oxygens (including phenoxy) is 1. The van der Waals surface area contributed by atoms with Crippen LogP contribution >= 0.6 is 0 Å². The van der Waals surface area contributed by atoms with Crippen molar-refractivity contribution in [2.75, 3.05) is 26.3 Å². The number of hydrogen-bond acceptors (Lipinski definition) is 3. The van der Waals surface area contributed by atoms with Gasteiger partial charge in [-0.2, -0.15) is 0 Å². The van der Waals surface area contributed by atoms with Crippen molar-refractivity contribution in [1.82, 2.24) is 5.32 Å². The normalized spacial score (nSPS) is 21.0. The fourth-order valence-electron chi connectivity index (χ4n) is 1.43. The number of carbonyl (C=O) groups is 1. The summed E-state index contributed by atoms with van der Waals surface area (Å²) in [6.45, 7) is 6.35. The Morgan fingerprint density at radius 2 is 2.43 bits per heavy atom. The Balaban J connectivity index is 1.98. The van der Waals surface area contributed by atoms with E-state index in [-0.39, 0.29) is 5.57 Å². The van der Waals surface area contributed by atoms with E-state index in [0.717, 1.165) is 32.6 Å². The van der Waals surface area contributed by atoms with Crippen LogP contribution in [0.2, 0.25) is 0 Å². The van der Waals surface area contributed by atoms with Gasteiger partial charge in [-0.05, 0) is 25.3 Å². The summed E-state index contributed by atoms with van der Waals surface area (Å²) in [7, 11) is 0. The van der Waals surface area contributed by atoms with E-state index in [9.17, 15) is 4.79 Å². The van der Waals surface area contributed by atoms with Gasteiger partial charge in [0.25, 0.3) is 0 Å². The molecule has 1 heterocycles. The molecule has 1 aliphatic rings. The third kappa shape index (κ3) is 3.89. The van der Waals surface area contributed by atoms with Gasteiger partial charge < -0.3 is 15.2 Å². The molecule has 0 aliphatic carbocycles. The van der Waals surface area contributed by atoms with Crippen molar-refractivity contribution < 1.29 is 14.6 Å². The van der Waals surface area contributed by atoms with Crippen molar-refractivity contribution in [3.8, 4) is 0 Å². The van der Waals surface area contributed by atoms with Crippen LogP contribution in [-0.2, 0) is 9.53 Å². The highest BCUT2D eigenvalue weighted by Crippen LogP contribution is 2.14. The maximum atomic E-state index is 10.4. The van der Waals surface area contributed by atoms with Gasteiger partial charge in [-0.1, -0.05) is 6.58 Å². The van der Waals surface area contributed by atoms with Crippen molar-refractivity contribution in [2.45, 2.75) is 12.8 Å². The smallest absolute Gasteiger partial charge is 0.332 e. The zero-order valence-electron chi connectivity index (χ0n) is 8.29. The number of nitrogens with one attached hydrogen (secondary N) is 1. The molecule has 0 bridgehead atoms.